The lowest BCUT2D eigenvalue weighted by Crippen LogP contribution is -2.52. The first-order chi connectivity index (χ1) is 13.5. The summed E-state index contributed by atoms with van der Waals surface area (Å²) in [7, 11) is 0. The molecule has 1 aromatic carbocycles. The molecule has 1 aliphatic rings. The van der Waals surface area contributed by atoms with E-state index in [4.69, 9.17) is 0 Å². The van der Waals surface area contributed by atoms with Gasteiger partial charge in [0.2, 0.25) is 5.91 Å². The number of anilines is 1. The van der Waals surface area contributed by atoms with Crippen LogP contribution in [0, 0.1) is 5.82 Å². The fraction of sp³-hybridized carbons (Fsp3) is 0.211. The van der Waals surface area contributed by atoms with Gasteiger partial charge in [-0.05, 0) is 30.5 Å². The van der Waals surface area contributed by atoms with Crippen LogP contribution in [0.4, 0.5) is 10.2 Å². The van der Waals surface area contributed by atoms with Gasteiger partial charge in [0.05, 0.1) is 10.4 Å². The molecule has 28 heavy (non-hydrogen) atoms. The largest absolute Gasteiger partial charge is 0.322 e. The summed E-state index contributed by atoms with van der Waals surface area (Å²) in [5, 5.41) is 15.2. The number of carbonyl (C=O) groups excluding carboxylic acids is 2. The number of aromatic nitrogens is 2. The first-order valence-electron chi connectivity index (χ1n) is 8.76. The van der Waals surface area contributed by atoms with Gasteiger partial charge < -0.3 is 10.6 Å². The van der Waals surface area contributed by atoms with Crippen molar-refractivity contribution in [3.63, 3.8) is 0 Å². The average Bonchev–Trinajstić information content (AvgIpc) is 3.30. The van der Waals surface area contributed by atoms with Crippen molar-refractivity contribution >= 4 is 29.0 Å². The van der Waals surface area contributed by atoms with E-state index in [2.05, 4.69) is 21.0 Å². The fourth-order valence-corrected chi connectivity index (χ4v) is 3.73. The second-order valence-electron chi connectivity index (χ2n) is 6.51. The topological polar surface area (TPSA) is 88.1 Å². The molecular weight excluding hydrogens is 381 g/mol. The summed E-state index contributed by atoms with van der Waals surface area (Å²) in [5.74, 6) is -0.964. The first-order valence-corrected chi connectivity index (χ1v) is 9.64. The summed E-state index contributed by atoms with van der Waals surface area (Å²) in [6.45, 7) is 1.90. The van der Waals surface area contributed by atoms with Gasteiger partial charge in [-0.15, -0.1) is 11.3 Å². The van der Waals surface area contributed by atoms with E-state index in [0.29, 0.717) is 17.9 Å². The van der Waals surface area contributed by atoms with Gasteiger partial charge in [0, 0.05) is 18.5 Å². The molecule has 0 aliphatic carbocycles. The summed E-state index contributed by atoms with van der Waals surface area (Å²) >= 11 is 1.51. The van der Waals surface area contributed by atoms with Crippen molar-refractivity contribution in [2.24, 2.45) is 0 Å². The van der Waals surface area contributed by atoms with Crippen LogP contribution in [0.2, 0.25) is 0 Å². The number of hydrogen-bond acceptors (Lipinski definition) is 5. The number of nitrogens with one attached hydrogen (secondary N) is 3. The maximum absolute atomic E-state index is 14.0. The number of carbonyl (C=O) groups is 2. The number of halogens is 1. The average molecular weight is 399 g/mol. The Kier molecular flexibility index (Phi) is 4.93. The minimum Gasteiger partial charge on any atom is -0.322 e. The fourth-order valence-electron chi connectivity index (χ4n) is 3.05. The molecule has 1 saturated heterocycles. The lowest BCUT2D eigenvalue weighted by Gasteiger charge is -2.30. The Morgan fingerprint density at radius 1 is 1.32 bits per heavy atom. The molecular formula is C19H18FN5O2S. The zero-order valence-corrected chi connectivity index (χ0v) is 15.8. The van der Waals surface area contributed by atoms with Crippen molar-refractivity contribution in [2.45, 2.75) is 25.7 Å². The van der Waals surface area contributed by atoms with Gasteiger partial charge in [0.25, 0.3) is 5.91 Å². The minimum atomic E-state index is -0.624. The van der Waals surface area contributed by atoms with Crippen LogP contribution in [0.1, 0.15) is 30.0 Å². The van der Waals surface area contributed by atoms with E-state index in [-0.39, 0.29) is 17.5 Å². The van der Waals surface area contributed by atoms with Gasteiger partial charge in [0.15, 0.2) is 6.29 Å². The molecule has 4 rings (SSSR count). The molecule has 7 nitrogen and oxygen atoms in total. The smallest absolute Gasteiger partial charge is 0.259 e. The third kappa shape index (κ3) is 3.67. The molecule has 1 fully saturated rings. The maximum atomic E-state index is 14.0. The third-order valence-corrected chi connectivity index (χ3v) is 5.24. The normalized spacial score (nSPS) is 19.3. The number of amides is 2. The Morgan fingerprint density at radius 2 is 2.14 bits per heavy atom. The van der Waals surface area contributed by atoms with Crippen LogP contribution < -0.4 is 16.0 Å². The van der Waals surface area contributed by atoms with E-state index in [9.17, 15) is 14.0 Å². The molecule has 0 radical (unpaired) electrons. The van der Waals surface area contributed by atoms with Crippen molar-refractivity contribution in [1.82, 2.24) is 20.4 Å². The second-order valence-corrected chi connectivity index (χ2v) is 7.46. The summed E-state index contributed by atoms with van der Waals surface area (Å²) in [6, 6.07) is 11.2. The van der Waals surface area contributed by atoms with Gasteiger partial charge >= 0.3 is 0 Å². The van der Waals surface area contributed by atoms with Gasteiger partial charge in [-0.25, -0.2) is 9.07 Å². The Labute approximate surface area is 164 Å². The molecule has 2 atom stereocenters. The van der Waals surface area contributed by atoms with E-state index in [1.165, 1.54) is 34.2 Å². The van der Waals surface area contributed by atoms with Crippen molar-refractivity contribution in [3.8, 4) is 10.6 Å². The molecule has 0 saturated carbocycles. The van der Waals surface area contributed by atoms with Crippen LogP contribution in [0.25, 0.3) is 10.6 Å². The van der Waals surface area contributed by atoms with Crippen LogP contribution >= 0.6 is 11.3 Å². The van der Waals surface area contributed by atoms with Crippen LogP contribution in [0.3, 0.4) is 0 Å². The SMILES string of the molecule is CC1CC(=O)NC(n2nc(-c3cccs3)cc2NC(=O)c2ccccc2F)N1. The molecule has 2 aromatic heterocycles. The van der Waals surface area contributed by atoms with Crippen molar-refractivity contribution in [1.29, 1.82) is 0 Å². The summed E-state index contributed by atoms with van der Waals surface area (Å²) in [4.78, 5) is 25.5. The molecule has 0 spiro atoms. The van der Waals surface area contributed by atoms with Gasteiger partial charge in [-0.3, -0.25) is 14.9 Å². The van der Waals surface area contributed by atoms with E-state index >= 15 is 0 Å². The van der Waals surface area contributed by atoms with Gasteiger partial charge in [0.1, 0.15) is 17.3 Å². The maximum Gasteiger partial charge on any atom is 0.259 e. The number of nitrogens with zero attached hydrogens (tertiary/aromatic N) is 2. The predicted molar refractivity (Wildman–Crippen MR) is 104 cm³/mol. The summed E-state index contributed by atoms with van der Waals surface area (Å²) < 4.78 is 15.5. The summed E-state index contributed by atoms with van der Waals surface area (Å²) in [6.07, 6.45) is -0.271. The number of thiophene rings is 1. The van der Waals surface area contributed by atoms with Crippen LogP contribution in [-0.2, 0) is 4.79 Å². The Hall–Kier alpha value is -3.04. The Bertz CT molecular complexity index is 1020. The van der Waals surface area contributed by atoms with E-state index in [1.807, 2.05) is 24.4 Å². The van der Waals surface area contributed by atoms with E-state index in [1.54, 1.807) is 12.1 Å². The lowest BCUT2D eigenvalue weighted by molar-refractivity contribution is -0.125. The highest BCUT2D eigenvalue weighted by molar-refractivity contribution is 7.13. The van der Waals surface area contributed by atoms with Crippen molar-refractivity contribution < 1.29 is 14.0 Å². The number of benzene rings is 1. The molecule has 3 N–H and O–H groups in total. The van der Waals surface area contributed by atoms with E-state index in [0.717, 1.165) is 4.88 Å². The molecule has 3 heterocycles. The zero-order chi connectivity index (χ0) is 19.7. The molecule has 2 unspecified atom stereocenters. The van der Waals surface area contributed by atoms with Crippen molar-refractivity contribution in [2.75, 3.05) is 5.32 Å². The Morgan fingerprint density at radius 3 is 2.86 bits per heavy atom. The standard InChI is InChI=1S/C19H18FN5O2S/c1-11-9-17(26)23-19(21-11)25-16(10-14(24-25)15-7-4-8-28-15)22-18(27)12-5-2-3-6-13(12)20/h2-8,10-11,19,21H,9H2,1H3,(H,22,27)(H,23,26). The van der Waals surface area contributed by atoms with Crippen molar-refractivity contribution in [3.05, 3.63) is 59.2 Å². The van der Waals surface area contributed by atoms with E-state index < -0.39 is 18.0 Å². The predicted octanol–water partition coefficient (Wildman–Crippen LogP) is 2.96. The summed E-state index contributed by atoms with van der Waals surface area (Å²) in [5.41, 5.74) is 0.579. The Balaban J connectivity index is 1.69. The molecule has 9 heteroatoms. The highest BCUT2D eigenvalue weighted by atomic mass is 32.1. The third-order valence-electron chi connectivity index (χ3n) is 4.35. The monoisotopic (exact) mass is 399 g/mol. The van der Waals surface area contributed by atoms with Gasteiger partial charge in [-0.1, -0.05) is 18.2 Å². The molecule has 3 aromatic rings. The van der Waals surface area contributed by atoms with Crippen LogP contribution in [0.5, 0.6) is 0 Å². The minimum absolute atomic E-state index is 0.0525. The highest BCUT2D eigenvalue weighted by Crippen LogP contribution is 2.28. The molecule has 0 bridgehead atoms. The van der Waals surface area contributed by atoms with Crippen LogP contribution in [-0.4, -0.2) is 27.6 Å². The molecule has 2 amide bonds. The highest BCUT2D eigenvalue weighted by Gasteiger charge is 2.27. The number of hydrogen-bond donors (Lipinski definition) is 3. The van der Waals surface area contributed by atoms with Gasteiger partial charge in [-0.2, -0.15) is 5.10 Å². The first kappa shape index (κ1) is 18.3. The second kappa shape index (κ2) is 7.53. The van der Waals surface area contributed by atoms with Crippen LogP contribution in [0.15, 0.2) is 47.8 Å². The number of rotatable bonds is 4. The zero-order valence-electron chi connectivity index (χ0n) is 15.0. The molecule has 1 aliphatic heterocycles. The molecule has 144 valence electrons. The lowest BCUT2D eigenvalue weighted by atomic mass is 10.2. The quantitative estimate of drug-likeness (QED) is 0.629.